The number of piperidine rings is 1. The number of rotatable bonds is 5. The quantitative estimate of drug-likeness (QED) is 0.850. The average molecular weight is 357 g/mol. The van der Waals surface area contributed by atoms with Crippen molar-refractivity contribution in [2.45, 2.75) is 45.4 Å². The zero-order valence-corrected chi connectivity index (χ0v) is 15.3. The summed E-state index contributed by atoms with van der Waals surface area (Å²) >= 11 is 0. The molecule has 0 aromatic carbocycles. The lowest BCUT2D eigenvalue weighted by Gasteiger charge is -2.32. The lowest BCUT2D eigenvalue weighted by atomic mass is 9.97. The van der Waals surface area contributed by atoms with Crippen LogP contribution in [-0.4, -0.2) is 67.5 Å². The summed E-state index contributed by atoms with van der Waals surface area (Å²) in [6.07, 6.45) is 4.99. The van der Waals surface area contributed by atoms with Crippen molar-refractivity contribution >= 4 is 5.82 Å². The molecular weight excluding hydrogens is 330 g/mol. The minimum Gasteiger partial charge on any atom is -0.392 e. The van der Waals surface area contributed by atoms with E-state index in [2.05, 4.69) is 42.6 Å². The van der Waals surface area contributed by atoms with Crippen molar-refractivity contribution < 1.29 is 5.11 Å². The van der Waals surface area contributed by atoms with Gasteiger partial charge in [0.2, 0.25) is 0 Å². The van der Waals surface area contributed by atoms with Gasteiger partial charge in [0.1, 0.15) is 0 Å². The van der Waals surface area contributed by atoms with Gasteiger partial charge in [-0.3, -0.25) is 9.58 Å². The second kappa shape index (κ2) is 7.67. The van der Waals surface area contributed by atoms with E-state index in [0.29, 0.717) is 5.92 Å². The van der Waals surface area contributed by atoms with Crippen molar-refractivity contribution in [1.82, 2.24) is 30.1 Å². The van der Waals surface area contributed by atoms with Crippen LogP contribution in [0.25, 0.3) is 0 Å². The molecule has 0 bridgehead atoms. The Morgan fingerprint density at radius 3 is 2.62 bits per heavy atom. The highest BCUT2D eigenvalue weighted by atomic mass is 16.3. The van der Waals surface area contributed by atoms with Crippen molar-refractivity contribution in [1.29, 1.82) is 0 Å². The Kier molecular flexibility index (Phi) is 5.12. The molecule has 0 unspecified atom stereocenters. The third kappa shape index (κ3) is 4.19. The number of aryl methyl sites for hydroxylation is 1. The van der Waals surface area contributed by atoms with Gasteiger partial charge in [0, 0.05) is 45.5 Å². The summed E-state index contributed by atoms with van der Waals surface area (Å²) in [5.74, 6) is 1.60. The number of hydrogen-bond acceptors (Lipinski definition) is 7. The maximum Gasteiger partial charge on any atom is 0.151 e. The fourth-order valence-electron chi connectivity index (χ4n) is 3.85. The van der Waals surface area contributed by atoms with E-state index in [-0.39, 0.29) is 6.10 Å². The molecule has 0 spiro atoms. The van der Waals surface area contributed by atoms with Crippen LogP contribution in [0.15, 0.2) is 18.3 Å². The molecule has 2 fully saturated rings. The van der Waals surface area contributed by atoms with Crippen molar-refractivity contribution in [2.75, 3.05) is 31.1 Å². The van der Waals surface area contributed by atoms with E-state index >= 15 is 0 Å². The number of β-amino-alcohol motifs (C(OH)–C–C–N with tert-alkyl or cyclic N) is 1. The number of aliphatic hydroxyl groups excluding tert-OH is 1. The fourth-order valence-corrected chi connectivity index (χ4v) is 3.85. The molecule has 0 radical (unpaired) electrons. The number of hydrogen-bond donors (Lipinski definition) is 1. The van der Waals surface area contributed by atoms with E-state index in [9.17, 15) is 5.11 Å². The molecule has 0 amide bonds. The number of aliphatic hydroxyl groups is 1. The Bertz CT molecular complexity index is 709. The van der Waals surface area contributed by atoms with E-state index in [1.54, 1.807) is 0 Å². The maximum absolute atomic E-state index is 9.62. The Morgan fingerprint density at radius 1 is 1.08 bits per heavy atom. The Labute approximate surface area is 153 Å². The first-order valence-electron chi connectivity index (χ1n) is 9.50. The average Bonchev–Trinajstić information content (AvgIpc) is 3.25. The zero-order chi connectivity index (χ0) is 17.9. The van der Waals surface area contributed by atoms with E-state index in [1.165, 1.54) is 0 Å². The van der Waals surface area contributed by atoms with Crippen LogP contribution in [0.2, 0.25) is 0 Å². The molecule has 2 aromatic heterocycles. The fraction of sp³-hybridized carbons (Fsp3) is 0.667. The van der Waals surface area contributed by atoms with Crippen LogP contribution in [0.4, 0.5) is 5.82 Å². The highest BCUT2D eigenvalue weighted by molar-refractivity contribution is 5.37. The molecule has 4 heterocycles. The minimum atomic E-state index is -0.187. The number of nitrogens with zero attached hydrogens (tertiary/aromatic N) is 7. The van der Waals surface area contributed by atoms with Crippen LogP contribution in [0.1, 0.15) is 30.7 Å². The summed E-state index contributed by atoms with van der Waals surface area (Å²) in [5.41, 5.74) is 1.94. The Balaban J connectivity index is 1.26. The highest BCUT2D eigenvalue weighted by Gasteiger charge is 2.23. The Morgan fingerprint density at radius 2 is 1.92 bits per heavy atom. The van der Waals surface area contributed by atoms with E-state index in [4.69, 9.17) is 0 Å². The van der Waals surface area contributed by atoms with Crippen molar-refractivity contribution in [3.63, 3.8) is 0 Å². The molecule has 0 saturated carbocycles. The largest absolute Gasteiger partial charge is 0.392 e. The number of likely N-dealkylation sites (tertiary alicyclic amines) is 1. The van der Waals surface area contributed by atoms with Gasteiger partial charge in [0.15, 0.2) is 5.82 Å². The number of anilines is 1. The summed E-state index contributed by atoms with van der Waals surface area (Å²) in [6, 6.07) is 4.08. The lowest BCUT2D eigenvalue weighted by Crippen LogP contribution is -2.35. The van der Waals surface area contributed by atoms with Crippen LogP contribution >= 0.6 is 0 Å². The van der Waals surface area contributed by atoms with Gasteiger partial charge in [-0.2, -0.15) is 5.10 Å². The monoisotopic (exact) mass is 357 g/mol. The van der Waals surface area contributed by atoms with Crippen molar-refractivity contribution in [2.24, 2.45) is 5.92 Å². The molecular formula is C18H27N7O. The van der Waals surface area contributed by atoms with Crippen molar-refractivity contribution in [3.8, 4) is 0 Å². The van der Waals surface area contributed by atoms with Crippen LogP contribution in [0, 0.1) is 12.8 Å². The summed E-state index contributed by atoms with van der Waals surface area (Å²) in [6.45, 7) is 7.36. The minimum absolute atomic E-state index is 0.187. The van der Waals surface area contributed by atoms with Gasteiger partial charge in [-0.1, -0.05) is 5.21 Å². The third-order valence-corrected chi connectivity index (χ3v) is 5.39. The van der Waals surface area contributed by atoms with E-state index < -0.39 is 0 Å². The molecule has 2 aromatic rings. The molecule has 26 heavy (non-hydrogen) atoms. The first-order valence-corrected chi connectivity index (χ1v) is 9.50. The summed E-state index contributed by atoms with van der Waals surface area (Å²) in [5, 5.41) is 26.7. The molecule has 2 aliphatic heterocycles. The van der Waals surface area contributed by atoms with E-state index in [0.717, 1.165) is 75.7 Å². The van der Waals surface area contributed by atoms with Gasteiger partial charge >= 0.3 is 0 Å². The van der Waals surface area contributed by atoms with Gasteiger partial charge in [-0.15, -0.1) is 10.2 Å². The van der Waals surface area contributed by atoms with Gasteiger partial charge in [-0.25, -0.2) is 0 Å². The maximum atomic E-state index is 9.62. The summed E-state index contributed by atoms with van der Waals surface area (Å²) in [4.78, 5) is 4.55. The second-order valence-corrected chi connectivity index (χ2v) is 7.57. The normalized spacial score (nSPS) is 22.2. The van der Waals surface area contributed by atoms with Crippen LogP contribution in [-0.2, 0) is 13.1 Å². The zero-order valence-electron chi connectivity index (χ0n) is 15.3. The molecule has 4 rings (SSSR count). The molecule has 140 valence electrons. The second-order valence-electron chi connectivity index (χ2n) is 7.57. The molecule has 8 nitrogen and oxygen atoms in total. The first kappa shape index (κ1) is 17.4. The van der Waals surface area contributed by atoms with Crippen LogP contribution in [0.5, 0.6) is 0 Å². The first-order chi connectivity index (χ1) is 12.7. The Hall–Kier alpha value is -2.06. The SMILES string of the molecule is Cc1ccc(N2CCC(Cn3cc(CN4CC[C@H](O)C4)nn3)CC2)nn1. The third-order valence-electron chi connectivity index (χ3n) is 5.39. The lowest BCUT2D eigenvalue weighted by molar-refractivity contribution is 0.174. The number of aromatic nitrogens is 5. The van der Waals surface area contributed by atoms with Gasteiger partial charge in [-0.05, 0) is 44.2 Å². The van der Waals surface area contributed by atoms with Crippen LogP contribution in [0.3, 0.4) is 0 Å². The van der Waals surface area contributed by atoms with Crippen molar-refractivity contribution in [3.05, 3.63) is 29.7 Å². The van der Waals surface area contributed by atoms with Gasteiger partial charge in [0.25, 0.3) is 0 Å². The predicted octanol–water partition coefficient (Wildman–Crippen LogP) is 0.860. The smallest absolute Gasteiger partial charge is 0.151 e. The molecule has 0 aliphatic carbocycles. The summed E-state index contributed by atoms with van der Waals surface area (Å²) in [7, 11) is 0. The molecule has 8 heteroatoms. The van der Waals surface area contributed by atoms with E-state index in [1.807, 2.05) is 17.7 Å². The standard InChI is InChI=1S/C18H27N7O/c1-14-2-3-18(21-19-14)24-8-4-15(5-9-24)10-25-12-16(20-22-25)11-23-7-6-17(26)13-23/h2-3,12,15,17,26H,4-11,13H2,1H3/t17-/m0/s1. The molecule has 2 saturated heterocycles. The summed E-state index contributed by atoms with van der Waals surface area (Å²) < 4.78 is 1.98. The van der Waals surface area contributed by atoms with Gasteiger partial charge in [0.05, 0.1) is 17.5 Å². The molecule has 1 N–H and O–H groups in total. The predicted molar refractivity (Wildman–Crippen MR) is 97.6 cm³/mol. The molecule has 2 aliphatic rings. The van der Waals surface area contributed by atoms with Gasteiger partial charge < -0.3 is 10.0 Å². The van der Waals surface area contributed by atoms with Crippen LogP contribution < -0.4 is 4.90 Å². The highest BCUT2D eigenvalue weighted by Crippen LogP contribution is 2.22. The topological polar surface area (TPSA) is 83.2 Å². The molecule has 1 atom stereocenters.